The first kappa shape index (κ1) is 17.5. The standard InChI is InChI=1S/C19H22N4OS/c1-4-13-9-6-8-12(3)16(13)22-18(24)15(5-2)25-19-21-14-10-7-11-20-17(14)23-19/h6-11,15H,4-5H2,1-3H3,(H,22,24)(H,20,21,23)/t15-/m1/s1. The Morgan fingerprint density at radius 2 is 2.12 bits per heavy atom. The van der Waals surface area contributed by atoms with Crippen molar-refractivity contribution in [2.24, 2.45) is 0 Å². The molecule has 0 unspecified atom stereocenters. The van der Waals surface area contributed by atoms with Crippen molar-refractivity contribution < 1.29 is 4.79 Å². The van der Waals surface area contributed by atoms with Gasteiger partial charge in [-0.25, -0.2) is 9.97 Å². The molecule has 2 heterocycles. The van der Waals surface area contributed by atoms with Crippen LogP contribution in [-0.4, -0.2) is 26.1 Å². The van der Waals surface area contributed by atoms with Crippen molar-refractivity contribution in [3.63, 3.8) is 0 Å². The van der Waals surface area contributed by atoms with Crippen LogP contribution in [0, 0.1) is 6.92 Å². The van der Waals surface area contributed by atoms with Crippen molar-refractivity contribution in [3.05, 3.63) is 47.7 Å². The number of anilines is 1. The van der Waals surface area contributed by atoms with Gasteiger partial charge in [-0.2, -0.15) is 0 Å². The van der Waals surface area contributed by atoms with E-state index in [2.05, 4.69) is 33.3 Å². The van der Waals surface area contributed by atoms with E-state index in [1.54, 1.807) is 6.20 Å². The van der Waals surface area contributed by atoms with E-state index in [1.807, 2.05) is 38.1 Å². The lowest BCUT2D eigenvalue weighted by Crippen LogP contribution is -2.25. The summed E-state index contributed by atoms with van der Waals surface area (Å²) in [6.45, 7) is 6.13. The van der Waals surface area contributed by atoms with Crippen molar-refractivity contribution in [2.45, 2.75) is 44.0 Å². The van der Waals surface area contributed by atoms with Crippen LogP contribution >= 0.6 is 11.8 Å². The number of aromatic nitrogens is 3. The van der Waals surface area contributed by atoms with Crippen molar-refractivity contribution in [3.8, 4) is 0 Å². The van der Waals surface area contributed by atoms with Gasteiger partial charge in [0, 0.05) is 11.9 Å². The van der Waals surface area contributed by atoms with Crippen LogP contribution in [0.4, 0.5) is 5.69 Å². The summed E-state index contributed by atoms with van der Waals surface area (Å²) >= 11 is 1.44. The lowest BCUT2D eigenvalue weighted by molar-refractivity contribution is -0.115. The summed E-state index contributed by atoms with van der Waals surface area (Å²) in [5.74, 6) is 0.00455. The number of aryl methyl sites for hydroxylation is 2. The van der Waals surface area contributed by atoms with E-state index in [0.717, 1.165) is 33.9 Å². The number of hydrogen-bond acceptors (Lipinski definition) is 4. The van der Waals surface area contributed by atoms with Crippen molar-refractivity contribution in [1.82, 2.24) is 15.0 Å². The molecule has 2 aromatic heterocycles. The number of nitrogens with one attached hydrogen (secondary N) is 2. The van der Waals surface area contributed by atoms with Crippen LogP contribution in [0.2, 0.25) is 0 Å². The van der Waals surface area contributed by atoms with Gasteiger partial charge in [0.25, 0.3) is 0 Å². The van der Waals surface area contributed by atoms with Gasteiger partial charge in [-0.3, -0.25) is 4.79 Å². The van der Waals surface area contributed by atoms with Gasteiger partial charge in [0.1, 0.15) is 0 Å². The SMILES string of the molecule is CCc1cccc(C)c1NC(=O)[C@@H](CC)Sc1nc2ncccc2[nH]1. The third kappa shape index (κ3) is 3.85. The monoisotopic (exact) mass is 354 g/mol. The highest BCUT2D eigenvalue weighted by atomic mass is 32.2. The zero-order valence-electron chi connectivity index (χ0n) is 14.7. The topological polar surface area (TPSA) is 70.7 Å². The van der Waals surface area contributed by atoms with Gasteiger partial charge >= 0.3 is 0 Å². The van der Waals surface area contributed by atoms with Gasteiger partial charge in [0.05, 0.1) is 10.8 Å². The Morgan fingerprint density at radius 3 is 2.84 bits per heavy atom. The molecule has 6 heteroatoms. The number of imidazole rings is 1. The van der Waals surface area contributed by atoms with Crippen LogP contribution in [0.3, 0.4) is 0 Å². The molecule has 0 saturated heterocycles. The predicted molar refractivity (Wildman–Crippen MR) is 103 cm³/mol. The Labute approximate surface area is 151 Å². The second-order valence-corrected chi connectivity index (χ2v) is 7.07. The molecule has 1 aromatic carbocycles. The summed E-state index contributed by atoms with van der Waals surface area (Å²) in [7, 11) is 0. The van der Waals surface area contributed by atoms with Crippen LogP contribution in [0.5, 0.6) is 0 Å². The Bertz CT molecular complexity index is 857. The maximum absolute atomic E-state index is 12.8. The number of rotatable bonds is 6. The molecule has 0 radical (unpaired) electrons. The molecule has 0 spiro atoms. The molecule has 1 atom stereocenters. The summed E-state index contributed by atoms with van der Waals surface area (Å²) in [5, 5.41) is 3.62. The minimum atomic E-state index is -0.218. The summed E-state index contributed by atoms with van der Waals surface area (Å²) in [6, 6.07) is 9.90. The summed E-state index contributed by atoms with van der Waals surface area (Å²) in [4.78, 5) is 24.7. The highest BCUT2D eigenvalue weighted by Crippen LogP contribution is 2.27. The number of pyridine rings is 1. The number of benzene rings is 1. The predicted octanol–water partition coefficient (Wildman–Crippen LogP) is 4.34. The molecular weight excluding hydrogens is 332 g/mol. The number of para-hydroxylation sites is 1. The van der Waals surface area contributed by atoms with Gasteiger partial charge in [-0.05, 0) is 43.0 Å². The highest BCUT2D eigenvalue weighted by molar-refractivity contribution is 8.00. The largest absolute Gasteiger partial charge is 0.332 e. The molecule has 2 N–H and O–H groups in total. The smallest absolute Gasteiger partial charge is 0.237 e. The molecule has 1 amide bonds. The van der Waals surface area contributed by atoms with E-state index in [1.165, 1.54) is 11.8 Å². The Balaban J connectivity index is 1.77. The first-order valence-electron chi connectivity index (χ1n) is 8.49. The molecule has 0 aliphatic carbocycles. The molecule has 0 saturated carbocycles. The lowest BCUT2D eigenvalue weighted by Gasteiger charge is -2.17. The van der Waals surface area contributed by atoms with E-state index >= 15 is 0 Å². The fourth-order valence-corrected chi connectivity index (χ4v) is 3.65. The summed E-state index contributed by atoms with van der Waals surface area (Å²) in [5.41, 5.74) is 4.72. The first-order chi connectivity index (χ1) is 12.1. The zero-order chi connectivity index (χ0) is 17.8. The molecule has 0 aliphatic rings. The van der Waals surface area contributed by atoms with E-state index in [-0.39, 0.29) is 11.2 Å². The molecule has 5 nitrogen and oxygen atoms in total. The summed E-state index contributed by atoms with van der Waals surface area (Å²) in [6.07, 6.45) is 3.32. The van der Waals surface area contributed by atoms with E-state index in [4.69, 9.17) is 0 Å². The zero-order valence-corrected chi connectivity index (χ0v) is 15.5. The normalized spacial score (nSPS) is 12.3. The minimum absolute atomic E-state index is 0.00455. The minimum Gasteiger partial charge on any atom is -0.332 e. The highest BCUT2D eigenvalue weighted by Gasteiger charge is 2.21. The van der Waals surface area contributed by atoms with E-state index < -0.39 is 0 Å². The molecule has 0 fully saturated rings. The molecule has 3 aromatic rings. The Morgan fingerprint density at radius 1 is 1.28 bits per heavy atom. The molecule has 130 valence electrons. The van der Waals surface area contributed by atoms with Gasteiger partial charge in [0.15, 0.2) is 10.8 Å². The number of fused-ring (bicyclic) bond motifs is 1. The fourth-order valence-electron chi connectivity index (χ4n) is 2.74. The number of amides is 1. The van der Waals surface area contributed by atoms with Crippen LogP contribution in [-0.2, 0) is 11.2 Å². The molecule has 0 aliphatic heterocycles. The number of aromatic amines is 1. The van der Waals surface area contributed by atoms with Gasteiger partial charge in [-0.15, -0.1) is 0 Å². The molecule has 3 rings (SSSR count). The van der Waals surface area contributed by atoms with Crippen LogP contribution < -0.4 is 5.32 Å². The van der Waals surface area contributed by atoms with E-state index in [9.17, 15) is 4.79 Å². The third-order valence-electron chi connectivity index (χ3n) is 4.14. The molecule has 0 bridgehead atoms. The first-order valence-corrected chi connectivity index (χ1v) is 9.37. The Kier molecular flexibility index (Phi) is 5.38. The van der Waals surface area contributed by atoms with Crippen LogP contribution in [0.1, 0.15) is 31.4 Å². The Hall–Kier alpha value is -2.34. The average molecular weight is 354 g/mol. The maximum Gasteiger partial charge on any atom is 0.237 e. The van der Waals surface area contributed by atoms with Crippen molar-refractivity contribution >= 4 is 34.5 Å². The van der Waals surface area contributed by atoms with E-state index in [0.29, 0.717) is 12.1 Å². The number of hydrogen-bond donors (Lipinski definition) is 2. The molecular formula is C19H22N4OS. The quantitative estimate of drug-likeness (QED) is 0.646. The number of carbonyl (C=O) groups is 1. The number of nitrogens with zero attached hydrogens (tertiary/aromatic N) is 2. The second kappa shape index (κ2) is 7.70. The number of carbonyl (C=O) groups excluding carboxylic acids is 1. The summed E-state index contributed by atoms with van der Waals surface area (Å²) < 4.78 is 0. The maximum atomic E-state index is 12.8. The lowest BCUT2D eigenvalue weighted by atomic mass is 10.1. The number of H-pyrrole nitrogens is 1. The third-order valence-corrected chi connectivity index (χ3v) is 5.39. The van der Waals surface area contributed by atoms with Crippen molar-refractivity contribution in [1.29, 1.82) is 0 Å². The number of thioether (sulfide) groups is 1. The average Bonchev–Trinajstić information content (AvgIpc) is 3.03. The van der Waals surface area contributed by atoms with Crippen LogP contribution in [0.15, 0.2) is 41.7 Å². The van der Waals surface area contributed by atoms with Gasteiger partial charge < -0.3 is 10.3 Å². The second-order valence-electron chi connectivity index (χ2n) is 5.88. The van der Waals surface area contributed by atoms with Crippen molar-refractivity contribution in [2.75, 3.05) is 5.32 Å². The van der Waals surface area contributed by atoms with Gasteiger partial charge in [0.2, 0.25) is 5.91 Å². The van der Waals surface area contributed by atoms with Crippen LogP contribution in [0.25, 0.3) is 11.2 Å². The van der Waals surface area contributed by atoms with Gasteiger partial charge in [-0.1, -0.05) is 43.8 Å². The fraction of sp³-hybridized carbons (Fsp3) is 0.316. The molecule has 25 heavy (non-hydrogen) atoms.